The second-order valence-corrected chi connectivity index (χ2v) is 14.3. The number of sulfone groups is 2. The zero-order chi connectivity index (χ0) is 29.2. The average molecular weight is 616 g/mol. The summed E-state index contributed by atoms with van der Waals surface area (Å²) in [5.41, 5.74) is -0.923. The lowest BCUT2D eigenvalue weighted by molar-refractivity contribution is -0.244. The summed E-state index contributed by atoms with van der Waals surface area (Å²) in [6, 6.07) is 14.2. The fourth-order valence-electron chi connectivity index (χ4n) is 3.27. The van der Waals surface area contributed by atoms with E-state index < -0.39 is 43.1 Å². The van der Waals surface area contributed by atoms with E-state index in [2.05, 4.69) is 4.89 Å². The first-order valence-corrected chi connectivity index (χ1v) is 15.3. The number of hydrogen-bond acceptors (Lipinski definition) is 9. The third-order valence-electron chi connectivity index (χ3n) is 5.26. The Kier molecular flexibility index (Phi) is 9.01. The van der Waals surface area contributed by atoms with Crippen molar-refractivity contribution in [1.29, 1.82) is 0 Å². The van der Waals surface area contributed by atoms with Crippen molar-refractivity contribution in [3.05, 3.63) is 82.3 Å². The van der Waals surface area contributed by atoms with Crippen LogP contribution in [0.1, 0.15) is 31.1 Å². The Bertz CT molecular complexity index is 1610. The highest BCUT2D eigenvalue weighted by Gasteiger charge is 2.38. The highest BCUT2D eigenvalue weighted by Crippen LogP contribution is 2.35. The first-order chi connectivity index (χ1) is 18.0. The van der Waals surface area contributed by atoms with E-state index in [0.717, 1.165) is 36.6 Å². The Hall–Kier alpha value is -3.12. The van der Waals surface area contributed by atoms with Crippen LogP contribution in [0.4, 0.5) is 0 Å². The lowest BCUT2D eigenvalue weighted by atomic mass is 9.89. The molecule has 0 spiro atoms. The lowest BCUT2D eigenvalue weighted by Crippen LogP contribution is -2.41. The van der Waals surface area contributed by atoms with E-state index in [1.807, 2.05) is 0 Å². The summed E-state index contributed by atoms with van der Waals surface area (Å²) in [5.74, 6) is -2.32. The summed E-state index contributed by atoms with van der Waals surface area (Å²) in [7, 11) is -7.84. The number of benzene rings is 3. The van der Waals surface area contributed by atoms with Gasteiger partial charge in [-0.3, -0.25) is 0 Å². The zero-order valence-corrected chi connectivity index (χ0v) is 24.3. The van der Waals surface area contributed by atoms with Crippen molar-refractivity contribution in [3.8, 4) is 5.75 Å². The van der Waals surface area contributed by atoms with Crippen LogP contribution < -0.4 is 4.74 Å². The molecule has 3 rings (SSSR count). The normalized spacial score (nSPS) is 12.9. The predicted octanol–water partition coefficient (Wildman–Crippen LogP) is 5.34. The molecule has 13 heteroatoms. The standard InChI is InChI=1S/C26H24Cl2O9S2/c1-26(2,3)23(25(30)37-36-24(29)16-6-5-7-17(27)14-16)35-21-13-8-18(28)15-22(21)39(33,34)20-11-9-19(10-12-20)38(4,31)32/h5-15,23H,1-4H3. The van der Waals surface area contributed by atoms with Gasteiger partial charge in [0.2, 0.25) is 15.9 Å². The summed E-state index contributed by atoms with van der Waals surface area (Å²) in [6.45, 7) is 4.89. The van der Waals surface area contributed by atoms with Gasteiger partial charge in [-0.05, 0) is 60.7 Å². The average Bonchev–Trinajstić information content (AvgIpc) is 2.85. The molecule has 1 unspecified atom stereocenters. The molecule has 0 saturated heterocycles. The zero-order valence-electron chi connectivity index (χ0n) is 21.2. The van der Waals surface area contributed by atoms with Gasteiger partial charge in [0.05, 0.1) is 15.4 Å². The largest absolute Gasteiger partial charge is 0.477 e. The molecule has 0 amide bonds. The number of halogens is 2. The summed E-state index contributed by atoms with van der Waals surface area (Å²) in [4.78, 5) is 34.0. The summed E-state index contributed by atoms with van der Waals surface area (Å²) < 4.78 is 56.3. The van der Waals surface area contributed by atoms with E-state index in [-0.39, 0.29) is 36.0 Å². The molecular weight excluding hydrogens is 591 g/mol. The minimum atomic E-state index is -4.29. The molecule has 0 aliphatic heterocycles. The monoisotopic (exact) mass is 614 g/mol. The predicted molar refractivity (Wildman–Crippen MR) is 143 cm³/mol. The number of carbonyl (C=O) groups excluding carboxylic acids is 2. The molecule has 3 aromatic carbocycles. The second-order valence-electron chi connectivity index (χ2n) is 9.49. The van der Waals surface area contributed by atoms with Gasteiger partial charge >= 0.3 is 11.9 Å². The van der Waals surface area contributed by atoms with E-state index in [9.17, 15) is 26.4 Å². The topological polar surface area (TPSA) is 130 Å². The Morgan fingerprint density at radius 3 is 1.95 bits per heavy atom. The van der Waals surface area contributed by atoms with Crippen LogP contribution >= 0.6 is 23.2 Å². The van der Waals surface area contributed by atoms with E-state index >= 15 is 0 Å². The first kappa shape index (κ1) is 30.4. The van der Waals surface area contributed by atoms with Gasteiger partial charge in [-0.1, -0.05) is 50.0 Å². The third-order valence-corrected chi connectivity index (χ3v) is 8.65. The van der Waals surface area contributed by atoms with Gasteiger partial charge in [-0.25, -0.2) is 36.2 Å². The van der Waals surface area contributed by atoms with Crippen LogP contribution in [0, 0.1) is 5.41 Å². The van der Waals surface area contributed by atoms with Gasteiger partial charge in [-0.2, -0.15) is 0 Å². The molecule has 0 bridgehead atoms. The molecule has 0 heterocycles. The van der Waals surface area contributed by atoms with E-state index in [0.29, 0.717) is 0 Å². The lowest BCUT2D eigenvalue weighted by Gasteiger charge is -2.29. The fourth-order valence-corrected chi connectivity index (χ4v) is 5.74. The van der Waals surface area contributed by atoms with Crippen molar-refractivity contribution in [2.75, 3.05) is 6.26 Å². The van der Waals surface area contributed by atoms with Crippen molar-refractivity contribution in [2.45, 2.75) is 41.6 Å². The molecule has 0 aromatic heterocycles. The highest BCUT2D eigenvalue weighted by atomic mass is 35.5. The van der Waals surface area contributed by atoms with Gasteiger partial charge in [0.25, 0.3) is 0 Å². The molecule has 0 aliphatic carbocycles. The second kappa shape index (κ2) is 11.5. The van der Waals surface area contributed by atoms with Crippen molar-refractivity contribution in [2.24, 2.45) is 5.41 Å². The number of hydrogen-bond donors (Lipinski definition) is 0. The molecule has 0 radical (unpaired) electrons. The minimum Gasteiger partial charge on any atom is -0.477 e. The van der Waals surface area contributed by atoms with E-state index in [4.69, 9.17) is 32.8 Å². The molecule has 39 heavy (non-hydrogen) atoms. The molecule has 0 aliphatic rings. The molecule has 9 nitrogen and oxygen atoms in total. The van der Waals surface area contributed by atoms with Crippen LogP contribution in [0.5, 0.6) is 5.75 Å². The first-order valence-electron chi connectivity index (χ1n) is 11.2. The summed E-state index contributed by atoms with van der Waals surface area (Å²) in [6.07, 6.45) is -0.440. The highest BCUT2D eigenvalue weighted by molar-refractivity contribution is 7.91. The smallest absolute Gasteiger partial charge is 0.396 e. The number of ether oxygens (including phenoxy) is 1. The van der Waals surface area contributed by atoms with E-state index in [1.165, 1.54) is 30.3 Å². The Balaban J connectivity index is 1.92. The molecular formula is C26H24Cl2O9S2. The quantitative estimate of drug-likeness (QED) is 0.255. The van der Waals surface area contributed by atoms with Crippen LogP contribution in [0.15, 0.2) is 81.4 Å². The SMILES string of the molecule is CC(C)(C)C(Oc1ccc(Cl)cc1S(=O)(=O)c1ccc(S(C)(=O)=O)cc1)C(=O)OOC(=O)c1cccc(Cl)c1. The Morgan fingerprint density at radius 1 is 0.795 bits per heavy atom. The number of carbonyl (C=O) groups is 2. The summed E-state index contributed by atoms with van der Waals surface area (Å²) in [5, 5.41) is 0.341. The van der Waals surface area contributed by atoms with E-state index in [1.54, 1.807) is 26.8 Å². The van der Waals surface area contributed by atoms with Gasteiger partial charge < -0.3 is 4.74 Å². The van der Waals surface area contributed by atoms with Gasteiger partial charge in [0.1, 0.15) is 10.6 Å². The van der Waals surface area contributed by atoms with Crippen LogP contribution in [0.2, 0.25) is 10.0 Å². The third kappa shape index (κ3) is 7.51. The summed E-state index contributed by atoms with van der Waals surface area (Å²) >= 11 is 11.9. The molecule has 3 aromatic rings. The number of rotatable bonds is 7. The van der Waals surface area contributed by atoms with Crippen molar-refractivity contribution in [1.82, 2.24) is 0 Å². The fraction of sp³-hybridized carbons (Fsp3) is 0.231. The van der Waals surface area contributed by atoms with Crippen molar-refractivity contribution in [3.63, 3.8) is 0 Å². The molecule has 0 N–H and O–H groups in total. The molecule has 1 atom stereocenters. The maximum Gasteiger partial charge on any atom is 0.396 e. The van der Waals surface area contributed by atoms with Crippen molar-refractivity contribution < 1.29 is 40.9 Å². The molecule has 208 valence electrons. The maximum atomic E-state index is 13.5. The van der Waals surface area contributed by atoms with Crippen LogP contribution in [0.3, 0.4) is 0 Å². The Labute approximate surface area is 236 Å². The van der Waals surface area contributed by atoms with Gasteiger partial charge in [0, 0.05) is 21.7 Å². The van der Waals surface area contributed by atoms with Gasteiger partial charge in [-0.15, -0.1) is 0 Å². The van der Waals surface area contributed by atoms with Crippen LogP contribution in [-0.4, -0.2) is 41.1 Å². The Morgan fingerprint density at radius 2 is 1.38 bits per heavy atom. The maximum absolute atomic E-state index is 13.5. The van der Waals surface area contributed by atoms with Crippen LogP contribution in [0.25, 0.3) is 0 Å². The van der Waals surface area contributed by atoms with Crippen molar-refractivity contribution >= 4 is 54.8 Å². The molecule has 0 saturated carbocycles. The van der Waals surface area contributed by atoms with Crippen LogP contribution in [-0.2, 0) is 34.2 Å². The van der Waals surface area contributed by atoms with Gasteiger partial charge in [0.15, 0.2) is 9.84 Å². The minimum absolute atomic E-state index is 0.0384. The molecule has 0 fully saturated rings.